The van der Waals surface area contributed by atoms with Crippen molar-refractivity contribution in [1.82, 2.24) is 4.90 Å². The predicted molar refractivity (Wildman–Crippen MR) is 81.8 cm³/mol. The van der Waals surface area contributed by atoms with Gasteiger partial charge in [0.15, 0.2) is 5.78 Å². The van der Waals surface area contributed by atoms with Crippen LogP contribution in [0.4, 0.5) is 0 Å². The fourth-order valence-electron chi connectivity index (χ4n) is 2.12. The third-order valence-electron chi connectivity index (χ3n) is 3.63. The van der Waals surface area contributed by atoms with E-state index in [1.807, 2.05) is 19.2 Å². The van der Waals surface area contributed by atoms with Crippen molar-refractivity contribution in [3.05, 3.63) is 35.4 Å². The second-order valence-corrected chi connectivity index (χ2v) is 5.91. The molecule has 0 bridgehead atoms. The molecule has 1 aromatic carbocycles. The van der Waals surface area contributed by atoms with Crippen molar-refractivity contribution in [2.75, 3.05) is 20.1 Å². The summed E-state index contributed by atoms with van der Waals surface area (Å²) in [5.74, 6) is 1.36. The van der Waals surface area contributed by atoms with Crippen LogP contribution < -0.4 is 0 Å². The highest BCUT2D eigenvalue weighted by atomic mass is 16.1. The average Bonchev–Trinajstić information content (AvgIpc) is 2.38. The van der Waals surface area contributed by atoms with Gasteiger partial charge < -0.3 is 0 Å². The molecule has 2 nitrogen and oxygen atoms in total. The molecule has 0 aliphatic heterocycles. The summed E-state index contributed by atoms with van der Waals surface area (Å²) >= 11 is 0. The normalized spacial score (nSPS) is 13.0. The molecular formula is C17H27NO. The Kier molecular flexibility index (Phi) is 6.23. The molecule has 0 heterocycles. The maximum absolute atomic E-state index is 12.2. The molecule has 2 heteroatoms. The van der Waals surface area contributed by atoms with Gasteiger partial charge in [0.1, 0.15) is 0 Å². The molecule has 0 spiro atoms. The van der Waals surface area contributed by atoms with Crippen LogP contribution in [0.25, 0.3) is 0 Å². The Bertz CT molecular complexity index is 394. The summed E-state index contributed by atoms with van der Waals surface area (Å²) in [6, 6.07) is 8.03. The third kappa shape index (κ3) is 5.15. The number of rotatable bonds is 7. The maximum atomic E-state index is 12.2. The molecule has 0 N–H and O–H groups in total. The number of nitrogens with zero attached hydrogens (tertiary/aromatic N) is 1. The van der Waals surface area contributed by atoms with Crippen LogP contribution in [0, 0.1) is 5.92 Å². The lowest BCUT2D eigenvalue weighted by Crippen LogP contribution is -2.30. The van der Waals surface area contributed by atoms with Crippen LogP contribution >= 0.6 is 0 Å². The van der Waals surface area contributed by atoms with Crippen LogP contribution in [-0.4, -0.2) is 30.8 Å². The molecule has 0 aliphatic carbocycles. The summed E-state index contributed by atoms with van der Waals surface area (Å²) in [6.07, 6.45) is 1.15. The lowest BCUT2D eigenvalue weighted by Gasteiger charge is -2.19. The zero-order valence-corrected chi connectivity index (χ0v) is 12.9. The third-order valence-corrected chi connectivity index (χ3v) is 3.63. The van der Waals surface area contributed by atoms with Gasteiger partial charge in [-0.05, 0) is 24.4 Å². The van der Waals surface area contributed by atoms with E-state index >= 15 is 0 Å². The average molecular weight is 261 g/mol. The number of benzene rings is 1. The quantitative estimate of drug-likeness (QED) is 0.692. The lowest BCUT2D eigenvalue weighted by molar-refractivity contribution is 0.0939. The van der Waals surface area contributed by atoms with Gasteiger partial charge in [-0.3, -0.25) is 9.69 Å². The number of hydrogen-bond acceptors (Lipinski definition) is 2. The minimum atomic E-state index is 0.209. The largest absolute Gasteiger partial charge is 0.299 e. The van der Waals surface area contributed by atoms with Gasteiger partial charge in [0.25, 0.3) is 0 Å². The minimum absolute atomic E-state index is 0.209. The minimum Gasteiger partial charge on any atom is -0.299 e. The fraction of sp³-hybridized carbons (Fsp3) is 0.588. The van der Waals surface area contributed by atoms with Crippen LogP contribution in [0.15, 0.2) is 24.3 Å². The number of Topliss-reactive ketones (excluding diaryl/α,β-unsaturated/α-hetero) is 1. The zero-order chi connectivity index (χ0) is 14.4. The summed E-state index contributed by atoms with van der Waals surface area (Å²) in [4.78, 5) is 14.3. The molecule has 0 saturated carbocycles. The van der Waals surface area contributed by atoms with Crippen LogP contribution in [0.3, 0.4) is 0 Å². The summed E-state index contributed by atoms with van der Waals surface area (Å²) < 4.78 is 0. The first-order valence-electron chi connectivity index (χ1n) is 7.25. The second-order valence-electron chi connectivity index (χ2n) is 5.91. The van der Waals surface area contributed by atoms with Crippen molar-refractivity contribution in [2.24, 2.45) is 5.92 Å². The van der Waals surface area contributed by atoms with Crippen molar-refractivity contribution in [1.29, 1.82) is 0 Å². The van der Waals surface area contributed by atoms with E-state index in [2.05, 4.69) is 44.7 Å². The Labute approximate surface area is 117 Å². The lowest BCUT2D eigenvalue weighted by atomic mass is 10.0. The first-order chi connectivity index (χ1) is 8.93. The van der Waals surface area contributed by atoms with E-state index in [0.29, 0.717) is 18.4 Å². The van der Waals surface area contributed by atoms with E-state index in [0.717, 1.165) is 18.5 Å². The summed E-state index contributed by atoms with van der Waals surface area (Å²) in [5, 5.41) is 0. The van der Waals surface area contributed by atoms with Gasteiger partial charge in [0.05, 0.1) is 6.54 Å². The summed E-state index contributed by atoms with van der Waals surface area (Å²) in [5.41, 5.74) is 2.10. The Morgan fingerprint density at radius 3 is 2.21 bits per heavy atom. The number of ketones is 1. The zero-order valence-electron chi connectivity index (χ0n) is 12.9. The molecule has 1 unspecified atom stereocenters. The molecule has 0 saturated heterocycles. The van der Waals surface area contributed by atoms with Gasteiger partial charge in [-0.25, -0.2) is 0 Å². The molecule has 0 radical (unpaired) electrons. The highest BCUT2D eigenvalue weighted by molar-refractivity contribution is 5.97. The Morgan fingerprint density at radius 2 is 1.74 bits per heavy atom. The van der Waals surface area contributed by atoms with Gasteiger partial charge in [-0.2, -0.15) is 0 Å². The molecule has 0 amide bonds. The van der Waals surface area contributed by atoms with E-state index in [4.69, 9.17) is 0 Å². The molecule has 1 rings (SSSR count). The topological polar surface area (TPSA) is 20.3 Å². The fourth-order valence-corrected chi connectivity index (χ4v) is 2.12. The van der Waals surface area contributed by atoms with Gasteiger partial charge in [0, 0.05) is 12.1 Å². The number of carbonyl (C=O) groups is 1. The first kappa shape index (κ1) is 15.9. The second kappa shape index (κ2) is 7.44. The molecule has 0 aliphatic rings. The Morgan fingerprint density at radius 1 is 1.16 bits per heavy atom. The van der Waals surface area contributed by atoms with Crippen molar-refractivity contribution in [3.8, 4) is 0 Å². The van der Waals surface area contributed by atoms with Crippen molar-refractivity contribution < 1.29 is 4.79 Å². The van der Waals surface area contributed by atoms with E-state index in [1.54, 1.807) is 0 Å². The molecule has 0 aromatic heterocycles. The number of likely N-dealkylation sites (N-methyl/N-ethyl adjacent to an activating group) is 1. The molecule has 19 heavy (non-hydrogen) atoms. The monoisotopic (exact) mass is 261 g/mol. The predicted octanol–water partition coefficient (Wildman–Crippen LogP) is 3.97. The highest BCUT2D eigenvalue weighted by Crippen LogP contribution is 2.15. The van der Waals surface area contributed by atoms with E-state index in [-0.39, 0.29) is 5.78 Å². The van der Waals surface area contributed by atoms with E-state index < -0.39 is 0 Å². The van der Waals surface area contributed by atoms with Gasteiger partial charge in [-0.1, -0.05) is 58.4 Å². The maximum Gasteiger partial charge on any atom is 0.176 e. The standard InChI is InChI=1S/C17H27NO/c1-6-14(4)11-18(5)12-17(19)16-9-7-15(8-10-16)13(2)3/h7-10,13-14H,6,11-12H2,1-5H3. The molecule has 1 aromatic rings. The summed E-state index contributed by atoms with van der Waals surface area (Å²) in [7, 11) is 2.02. The smallest absolute Gasteiger partial charge is 0.176 e. The SMILES string of the molecule is CCC(C)CN(C)CC(=O)c1ccc(C(C)C)cc1. The van der Waals surface area contributed by atoms with Crippen molar-refractivity contribution in [2.45, 2.75) is 40.0 Å². The van der Waals surface area contributed by atoms with Crippen LogP contribution in [-0.2, 0) is 0 Å². The molecule has 0 fully saturated rings. The molecular weight excluding hydrogens is 234 g/mol. The van der Waals surface area contributed by atoms with Crippen LogP contribution in [0.1, 0.15) is 56.0 Å². The Balaban J connectivity index is 2.58. The number of hydrogen-bond donors (Lipinski definition) is 0. The molecule has 1 atom stereocenters. The van der Waals surface area contributed by atoms with E-state index in [1.165, 1.54) is 5.56 Å². The first-order valence-corrected chi connectivity index (χ1v) is 7.25. The van der Waals surface area contributed by atoms with Gasteiger partial charge in [-0.15, -0.1) is 0 Å². The van der Waals surface area contributed by atoms with Crippen LogP contribution in [0.5, 0.6) is 0 Å². The van der Waals surface area contributed by atoms with Crippen LogP contribution in [0.2, 0.25) is 0 Å². The summed E-state index contributed by atoms with van der Waals surface area (Å²) in [6.45, 7) is 10.2. The van der Waals surface area contributed by atoms with Gasteiger partial charge in [0.2, 0.25) is 0 Å². The number of carbonyl (C=O) groups excluding carboxylic acids is 1. The van der Waals surface area contributed by atoms with Gasteiger partial charge >= 0.3 is 0 Å². The Hall–Kier alpha value is -1.15. The van der Waals surface area contributed by atoms with E-state index in [9.17, 15) is 4.79 Å². The van der Waals surface area contributed by atoms with Crippen molar-refractivity contribution >= 4 is 5.78 Å². The molecule has 106 valence electrons. The van der Waals surface area contributed by atoms with Crippen molar-refractivity contribution in [3.63, 3.8) is 0 Å². The highest BCUT2D eigenvalue weighted by Gasteiger charge is 2.11.